The highest BCUT2D eigenvalue weighted by atomic mass is 32.2. The third-order valence-electron chi connectivity index (χ3n) is 7.37. The van der Waals surface area contributed by atoms with Crippen LogP contribution in [0.4, 0.5) is 4.79 Å². The number of rotatable bonds is 10. The third-order valence-corrected chi connectivity index (χ3v) is 9.87. The van der Waals surface area contributed by atoms with Gasteiger partial charge in [0.25, 0.3) is 0 Å². The first-order valence-electron chi connectivity index (χ1n) is 13.2. The molecule has 38 heavy (non-hydrogen) atoms. The van der Waals surface area contributed by atoms with Gasteiger partial charge in [-0.25, -0.2) is 15.7 Å². The van der Waals surface area contributed by atoms with Gasteiger partial charge >= 0.3 is 6.03 Å². The van der Waals surface area contributed by atoms with Crippen molar-refractivity contribution in [2.45, 2.75) is 75.6 Å². The minimum Gasteiger partial charge on any atom is -0.390 e. The van der Waals surface area contributed by atoms with Crippen molar-refractivity contribution in [1.29, 1.82) is 0 Å². The van der Waals surface area contributed by atoms with Gasteiger partial charge in [-0.15, -0.1) is 0 Å². The Morgan fingerprint density at radius 1 is 1.03 bits per heavy atom. The van der Waals surface area contributed by atoms with Crippen molar-refractivity contribution in [3.63, 3.8) is 0 Å². The molecule has 210 valence electrons. The van der Waals surface area contributed by atoms with Crippen LogP contribution in [0.2, 0.25) is 0 Å². The molecule has 9 heteroatoms. The first-order chi connectivity index (χ1) is 17.9. The molecule has 0 aromatic heterocycles. The van der Waals surface area contributed by atoms with E-state index in [4.69, 9.17) is 5.73 Å². The van der Waals surface area contributed by atoms with Gasteiger partial charge in [-0.2, -0.15) is 0 Å². The molecule has 0 saturated carbocycles. The van der Waals surface area contributed by atoms with Gasteiger partial charge in [0.05, 0.1) is 12.2 Å². The Morgan fingerprint density at radius 3 is 2.34 bits per heavy atom. The second kappa shape index (κ2) is 13.0. The van der Waals surface area contributed by atoms with E-state index in [2.05, 4.69) is 60.2 Å². The fourth-order valence-electron chi connectivity index (χ4n) is 4.80. The van der Waals surface area contributed by atoms with Crippen LogP contribution in [-0.2, 0) is 17.6 Å². The SMILES string of the molecule is Cc1ccc([C@H]2[C@H](O)[C@H](O)[C@H](O)C[SH]2C)cc1Cc1ccc(CCCCNC(=O)NC(C)(C)C(N)=O)cc1. The highest BCUT2D eigenvalue weighted by molar-refractivity contribution is 8.16. The number of amides is 3. The predicted molar refractivity (Wildman–Crippen MR) is 154 cm³/mol. The van der Waals surface area contributed by atoms with Crippen LogP contribution in [0.15, 0.2) is 42.5 Å². The maximum Gasteiger partial charge on any atom is 0.315 e. The molecule has 3 rings (SSSR count). The first kappa shape index (κ1) is 30.0. The Morgan fingerprint density at radius 2 is 1.68 bits per heavy atom. The molecular formula is C29H43N3O5S. The predicted octanol–water partition coefficient (Wildman–Crippen LogP) is 2.24. The number of primary amides is 1. The van der Waals surface area contributed by atoms with Crippen LogP contribution in [0.1, 0.15) is 59.8 Å². The third kappa shape index (κ3) is 7.72. The van der Waals surface area contributed by atoms with Crippen LogP contribution >= 0.6 is 10.9 Å². The zero-order valence-corrected chi connectivity index (χ0v) is 23.7. The Hall–Kier alpha value is -2.59. The van der Waals surface area contributed by atoms with E-state index in [1.54, 1.807) is 13.8 Å². The number of hydrogen-bond donors (Lipinski definition) is 7. The Bertz CT molecular complexity index is 1110. The van der Waals surface area contributed by atoms with Crippen LogP contribution in [0.5, 0.6) is 0 Å². The molecule has 0 radical (unpaired) electrons. The molecule has 0 aliphatic carbocycles. The Kier molecular flexibility index (Phi) is 10.2. The zero-order valence-electron chi connectivity index (χ0n) is 22.8. The molecule has 1 fully saturated rings. The van der Waals surface area contributed by atoms with Crippen LogP contribution in [0.3, 0.4) is 0 Å². The molecule has 1 aliphatic rings. The number of unbranched alkanes of at least 4 members (excludes halogenated alkanes) is 1. The number of nitrogens with two attached hydrogens (primary N) is 1. The Balaban J connectivity index is 1.51. The fraction of sp³-hybridized carbons (Fsp3) is 0.517. The van der Waals surface area contributed by atoms with Crippen molar-refractivity contribution in [2.24, 2.45) is 5.73 Å². The van der Waals surface area contributed by atoms with E-state index in [1.165, 1.54) is 22.3 Å². The molecule has 0 bridgehead atoms. The minimum absolute atomic E-state index is 0.152. The lowest BCUT2D eigenvalue weighted by atomic mass is 9.93. The lowest BCUT2D eigenvalue weighted by Crippen LogP contribution is -2.55. The molecule has 1 aliphatic heterocycles. The number of carbonyl (C=O) groups excluding carboxylic acids is 2. The molecule has 0 spiro atoms. The molecule has 5 atom stereocenters. The molecule has 1 saturated heterocycles. The second-order valence-corrected chi connectivity index (χ2v) is 13.4. The summed E-state index contributed by atoms with van der Waals surface area (Å²) in [5.74, 6) is -0.0578. The van der Waals surface area contributed by atoms with E-state index in [0.29, 0.717) is 12.3 Å². The summed E-state index contributed by atoms with van der Waals surface area (Å²) in [6.07, 6.45) is 2.55. The van der Waals surface area contributed by atoms with Gasteiger partial charge in [-0.05, 0) is 80.5 Å². The largest absolute Gasteiger partial charge is 0.390 e. The summed E-state index contributed by atoms with van der Waals surface area (Å²) >= 11 is 0. The van der Waals surface area contributed by atoms with Crippen LogP contribution in [0, 0.1) is 6.92 Å². The van der Waals surface area contributed by atoms with Gasteiger partial charge in [0.2, 0.25) is 5.91 Å². The van der Waals surface area contributed by atoms with E-state index in [0.717, 1.165) is 31.2 Å². The van der Waals surface area contributed by atoms with Crippen LogP contribution in [0.25, 0.3) is 0 Å². The van der Waals surface area contributed by atoms with E-state index in [9.17, 15) is 24.9 Å². The molecule has 2 aromatic carbocycles. The number of hydrogen-bond acceptors (Lipinski definition) is 5. The van der Waals surface area contributed by atoms with Crippen molar-refractivity contribution in [2.75, 3.05) is 18.6 Å². The van der Waals surface area contributed by atoms with Crippen molar-refractivity contribution in [1.82, 2.24) is 10.6 Å². The quantitative estimate of drug-likeness (QED) is 0.181. The van der Waals surface area contributed by atoms with Crippen molar-refractivity contribution in [3.8, 4) is 0 Å². The van der Waals surface area contributed by atoms with Gasteiger partial charge < -0.3 is 31.7 Å². The van der Waals surface area contributed by atoms with E-state index >= 15 is 0 Å². The zero-order chi connectivity index (χ0) is 28.0. The van der Waals surface area contributed by atoms with Crippen molar-refractivity contribution >= 4 is 22.8 Å². The number of thiol groups is 1. The number of aliphatic hydroxyl groups is 3. The van der Waals surface area contributed by atoms with E-state index < -0.39 is 46.7 Å². The van der Waals surface area contributed by atoms with E-state index in [1.807, 2.05) is 6.07 Å². The summed E-state index contributed by atoms with van der Waals surface area (Å²) in [5, 5.41) is 36.1. The summed E-state index contributed by atoms with van der Waals surface area (Å²) in [6.45, 7) is 5.73. The van der Waals surface area contributed by atoms with E-state index in [-0.39, 0.29) is 5.25 Å². The lowest BCUT2D eigenvalue weighted by Gasteiger charge is -2.42. The summed E-state index contributed by atoms with van der Waals surface area (Å²) in [5.41, 5.74) is 10.0. The highest BCUT2D eigenvalue weighted by Crippen LogP contribution is 2.48. The second-order valence-electron chi connectivity index (χ2n) is 10.9. The first-order valence-corrected chi connectivity index (χ1v) is 15.2. The normalized spacial score (nSPS) is 24.6. The number of carbonyl (C=O) groups is 2. The number of nitrogens with one attached hydrogen (secondary N) is 2. The Labute approximate surface area is 228 Å². The van der Waals surface area contributed by atoms with Gasteiger partial charge in [-0.1, -0.05) is 42.5 Å². The topological polar surface area (TPSA) is 145 Å². The lowest BCUT2D eigenvalue weighted by molar-refractivity contribution is -0.122. The molecule has 7 N–H and O–H groups in total. The van der Waals surface area contributed by atoms with Gasteiger partial charge in [0.15, 0.2) is 0 Å². The number of benzene rings is 2. The summed E-state index contributed by atoms with van der Waals surface area (Å²) < 4.78 is 0. The fourth-order valence-corrected chi connectivity index (χ4v) is 7.20. The van der Waals surface area contributed by atoms with Gasteiger partial charge in [-0.3, -0.25) is 4.79 Å². The summed E-state index contributed by atoms with van der Waals surface area (Å²) in [6, 6.07) is 14.4. The number of aliphatic hydroxyl groups excluding tert-OH is 3. The van der Waals surface area contributed by atoms with Crippen molar-refractivity contribution < 1.29 is 24.9 Å². The molecule has 3 amide bonds. The number of aryl methyl sites for hydroxylation is 2. The molecule has 2 aromatic rings. The monoisotopic (exact) mass is 545 g/mol. The smallest absolute Gasteiger partial charge is 0.315 e. The summed E-state index contributed by atoms with van der Waals surface area (Å²) in [7, 11) is -0.649. The average Bonchev–Trinajstić information content (AvgIpc) is 2.85. The molecule has 1 unspecified atom stereocenters. The molecule has 8 nitrogen and oxygen atoms in total. The molecule has 1 heterocycles. The maximum absolute atomic E-state index is 11.9. The standard InChI is InChI=1S/C29H43N3O5S/c1-18-8-13-21(26-25(35)24(34)23(33)17-38(26)4)16-22(18)15-20-11-9-19(10-12-20)7-5-6-14-31-28(37)32-29(2,3)27(30)36/h8-13,16,23-26,33-35,38H,5-7,14-15,17H2,1-4H3,(H2,30,36)(H2,31,32,37)/t23-,24-,25-,26+/m1/s1. The average molecular weight is 546 g/mol. The highest BCUT2D eigenvalue weighted by Gasteiger charge is 2.40. The van der Waals surface area contributed by atoms with Crippen LogP contribution < -0.4 is 16.4 Å². The molecular weight excluding hydrogens is 502 g/mol. The van der Waals surface area contributed by atoms with Crippen molar-refractivity contribution in [3.05, 3.63) is 70.3 Å². The maximum atomic E-state index is 11.9. The van der Waals surface area contributed by atoms with Gasteiger partial charge in [0.1, 0.15) is 11.6 Å². The van der Waals surface area contributed by atoms with Gasteiger partial charge in [0, 0.05) is 17.5 Å². The minimum atomic E-state index is -1.11. The van der Waals surface area contributed by atoms with Crippen LogP contribution in [-0.4, -0.2) is 69.7 Å². The number of urea groups is 1. The summed E-state index contributed by atoms with van der Waals surface area (Å²) in [4.78, 5) is 23.2.